The van der Waals surface area contributed by atoms with Crippen LogP contribution in [-0.2, 0) is 0 Å². The highest BCUT2D eigenvalue weighted by atomic mass is 14.3. The summed E-state index contributed by atoms with van der Waals surface area (Å²) in [6, 6.07) is 10.5. The molecule has 1 nitrogen and oxygen atoms in total. The third-order valence-corrected chi connectivity index (χ3v) is 6.16. The third-order valence-electron chi connectivity index (χ3n) is 6.16. The molecule has 0 heterocycles. The summed E-state index contributed by atoms with van der Waals surface area (Å²) in [6.45, 7) is 3.83. The van der Waals surface area contributed by atoms with E-state index in [9.17, 15) is 0 Å². The number of hydrogen-bond donors (Lipinski definition) is 0. The van der Waals surface area contributed by atoms with Crippen molar-refractivity contribution in [1.82, 2.24) is 0 Å². The highest BCUT2D eigenvalue weighted by Crippen LogP contribution is 2.43. The Labute approximate surface area is 147 Å². The van der Waals surface area contributed by atoms with E-state index in [1.807, 2.05) is 18.2 Å². The highest BCUT2D eigenvalue weighted by molar-refractivity contribution is 5.33. The van der Waals surface area contributed by atoms with Crippen molar-refractivity contribution in [3.63, 3.8) is 0 Å². The van der Waals surface area contributed by atoms with Crippen molar-refractivity contribution >= 4 is 0 Å². The molecule has 24 heavy (non-hydrogen) atoms. The minimum absolute atomic E-state index is 0.705. The summed E-state index contributed by atoms with van der Waals surface area (Å²) in [6.07, 6.45) is 16.3. The summed E-state index contributed by atoms with van der Waals surface area (Å²) >= 11 is 0. The maximum Gasteiger partial charge on any atom is 0.0991 e. The van der Waals surface area contributed by atoms with Crippen molar-refractivity contribution in [2.75, 3.05) is 0 Å². The fourth-order valence-corrected chi connectivity index (χ4v) is 4.61. The van der Waals surface area contributed by atoms with Crippen molar-refractivity contribution in [2.45, 2.75) is 63.7 Å². The molecule has 1 atom stereocenters. The lowest BCUT2D eigenvalue weighted by Crippen LogP contribution is -2.22. The van der Waals surface area contributed by atoms with Crippen LogP contribution in [0.4, 0.5) is 0 Å². The van der Waals surface area contributed by atoms with Crippen molar-refractivity contribution in [2.24, 2.45) is 11.8 Å². The summed E-state index contributed by atoms with van der Waals surface area (Å²) in [5, 5.41) is 8.92. The zero-order valence-electron chi connectivity index (χ0n) is 14.7. The molecule has 1 aromatic rings. The molecule has 0 N–H and O–H groups in total. The molecule has 2 aliphatic carbocycles. The van der Waals surface area contributed by atoms with E-state index in [0.29, 0.717) is 5.92 Å². The lowest BCUT2D eigenvalue weighted by molar-refractivity contribution is 0.217. The fourth-order valence-electron chi connectivity index (χ4n) is 4.61. The molecule has 0 aromatic heterocycles. The van der Waals surface area contributed by atoms with Gasteiger partial charge in [-0.1, -0.05) is 29.9 Å². The molecule has 1 heteroatoms. The van der Waals surface area contributed by atoms with Gasteiger partial charge < -0.3 is 0 Å². The van der Waals surface area contributed by atoms with E-state index in [2.05, 4.69) is 30.9 Å². The van der Waals surface area contributed by atoms with Crippen LogP contribution in [0.2, 0.25) is 0 Å². The molecule has 0 saturated heterocycles. The van der Waals surface area contributed by atoms with Crippen LogP contribution in [0.15, 0.2) is 48.6 Å². The predicted molar refractivity (Wildman–Crippen MR) is 101 cm³/mol. The third kappa shape index (κ3) is 4.18. The second-order valence-corrected chi connectivity index (χ2v) is 7.57. The predicted octanol–water partition coefficient (Wildman–Crippen LogP) is 6.52. The maximum absolute atomic E-state index is 8.92. The lowest BCUT2D eigenvalue weighted by Gasteiger charge is -2.35. The second kappa shape index (κ2) is 8.34. The molecule has 1 fully saturated rings. The number of benzene rings is 1. The van der Waals surface area contributed by atoms with E-state index < -0.39 is 0 Å². The Morgan fingerprint density at radius 2 is 1.79 bits per heavy atom. The fraction of sp³-hybridized carbons (Fsp3) is 0.522. The lowest BCUT2D eigenvalue weighted by atomic mass is 9.70. The number of allylic oxidation sites excluding steroid dienone is 3. The first-order valence-corrected chi connectivity index (χ1v) is 9.59. The van der Waals surface area contributed by atoms with E-state index in [0.717, 1.165) is 23.8 Å². The summed E-state index contributed by atoms with van der Waals surface area (Å²) in [4.78, 5) is 0. The Hall–Kier alpha value is -1.81. The van der Waals surface area contributed by atoms with Crippen LogP contribution in [-0.4, -0.2) is 0 Å². The van der Waals surface area contributed by atoms with Crippen LogP contribution in [0.1, 0.15) is 74.8 Å². The normalized spacial score (nSPS) is 27.1. The number of nitriles is 1. The molecule has 0 radical (unpaired) electrons. The summed E-state index contributed by atoms with van der Waals surface area (Å²) in [5.41, 5.74) is 3.87. The molecule has 1 aromatic carbocycles. The minimum Gasteiger partial charge on any atom is -0.192 e. The standard InChI is InChI=1S/C23H29N/c1-2-3-4-18-5-9-20(10-6-18)22-13-15-23(16-14-22)21-11-7-19(17-24)8-12-21/h2,5,7-8,11-12,20,22-23H,1,3-4,6,9-10,13-16H2. The van der Waals surface area contributed by atoms with Crippen LogP contribution in [0.3, 0.4) is 0 Å². The Morgan fingerprint density at radius 3 is 2.38 bits per heavy atom. The average molecular weight is 319 g/mol. The summed E-state index contributed by atoms with van der Waals surface area (Å²) in [5.74, 6) is 2.55. The van der Waals surface area contributed by atoms with Crippen LogP contribution in [0.25, 0.3) is 0 Å². The first-order valence-electron chi connectivity index (χ1n) is 9.59. The molecular weight excluding hydrogens is 290 g/mol. The van der Waals surface area contributed by atoms with E-state index in [1.54, 1.807) is 5.57 Å². The zero-order chi connectivity index (χ0) is 16.8. The number of nitrogens with zero attached hydrogens (tertiary/aromatic N) is 1. The molecule has 3 rings (SSSR count). The minimum atomic E-state index is 0.705. The first kappa shape index (κ1) is 17.0. The number of hydrogen-bond acceptors (Lipinski definition) is 1. The quantitative estimate of drug-likeness (QED) is 0.566. The van der Waals surface area contributed by atoms with Gasteiger partial charge >= 0.3 is 0 Å². The average Bonchev–Trinajstić information content (AvgIpc) is 2.67. The molecule has 126 valence electrons. The van der Waals surface area contributed by atoms with Crippen molar-refractivity contribution in [3.05, 3.63) is 59.7 Å². The Kier molecular flexibility index (Phi) is 5.91. The molecule has 2 aliphatic rings. The van der Waals surface area contributed by atoms with Gasteiger partial charge in [0.2, 0.25) is 0 Å². The second-order valence-electron chi connectivity index (χ2n) is 7.57. The molecule has 1 saturated carbocycles. The van der Waals surface area contributed by atoms with Crippen LogP contribution in [0.5, 0.6) is 0 Å². The van der Waals surface area contributed by atoms with E-state index in [-0.39, 0.29) is 0 Å². The van der Waals surface area contributed by atoms with Crippen molar-refractivity contribution < 1.29 is 0 Å². The Bertz CT molecular complexity index is 608. The van der Waals surface area contributed by atoms with Crippen LogP contribution in [0, 0.1) is 23.2 Å². The first-order chi connectivity index (χ1) is 11.8. The monoisotopic (exact) mass is 319 g/mol. The SMILES string of the molecule is C=CCCC1=CCC(C2CCC(c3ccc(C#N)cc3)CC2)CC1. The highest BCUT2D eigenvalue weighted by Gasteiger charge is 2.29. The van der Waals surface area contributed by atoms with Gasteiger partial charge in [-0.15, -0.1) is 6.58 Å². The van der Waals surface area contributed by atoms with Gasteiger partial charge in [0.15, 0.2) is 0 Å². The van der Waals surface area contributed by atoms with E-state index in [4.69, 9.17) is 5.26 Å². The van der Waals surface area contributed by atoms with Gasteiger partial charge in [-0.25, -0.2) is 0 Å². The van der Waals surface area contributed by atoms with Gasteiger partial charge in [-0.05, 0) is 93.2 Å². The van der Waals surface area contributed by atoms with Crippen molar-refractivity contribution in [3.8, 4) is 6.07 Å². The molecular formula is C23H29N. The van der Waals surface area contributed by atoms with Gasteiger partial charge in [0.1, 0.15) is 0 Å². The van der Waals surface area contributed by atoms with Crippen LogP contribution >= 0.6 is 0 Å². The molecule has 1 unspecified atom stereocenters. The van der Waals surface area contributed by atoms with E-state index >= 15 is 0 Å². The van der Waals surface area contributed by atoms with Gasteiger partial charge in [0, 0.05) is 0 Å². The largest absolute Gasteiger partial charge is 0.192 e. The molecule has 0 amide bonds. The smallest absolute Gasteiger partial charge is 0.0991 e. The topological polar surface area (TPSA) is 23.8 Å². The summed E-state index contributed by atoms with van der Waals surface area (Å²) in [7, 11) is 0. The van der Waals surface area contributed by atoms with Crippen molar-refractivity contribution in [1.29, 1.82) is 5.26 Å². The summed E-state index contributed by atoms with van der Waals surface area (Å²) < 4.78 is 0. The number of rotatable bonds is 5. The molecule has 0 bridgehead atoms. The maximum atomic E-state index is 8.92. The van der Waals surface area contributed by atoms with Gasteiger partial charge in [0.05, 0.1) is 11.6 Å². The van der Waals surface area contributed by atoms with Gasteiger partial charge in [0.25, 0.3) is 0 Å². The van der Waals surface area contributed by atoms with Gasteiger partial charge in [-0.2, -0.15) is 5.26 Å². The van der Waals surface area contributed by atoms with E-state index in [1.165, 1.54) is 56.9 Å². The molecule has 0 spiro atoms. The Balaban J connectivity index is 1.49. The zero-order valence-corrected chi connectivity index (χ0v) is 14.7. The Morgan fingerprint density at radius 1 is 1.04 bits per heavy atom. The van der Waals surface area contributed by atoms with Gasteiger partial charge in [-0.3, -0.25) is 0 Å². The molecule has 0 aliphatic heterocycles. The van der Waals surface area contributed by atoms with Crippen LogP contribution < -0.4 is 0 Å².